The van der Waals surface area contributed by atoms with Crippen LogP contribution in [0, 0.1) is 6.92 Å². The molecule has 0 aromatic heterocycles. The Morgan fingerprint density at radius 1 is 0.842 bits per heavy atom. The number of unbranched alkanes of at least 4 members (excludes halogenated alkanes) is 4. The number of hydrogen-bond donors (Lipinski definition) is 0. The first-order chi connectivity index (χ1) is 9.34. The molecule has 0 N–H and O–H groups in total. The summed E-state index contributed by atoms with van der Waals surface area (Å²) < 4.78 is 0. The molecule has 0 saturated carbocycles. The Balaban J connectivity index is 1.44. The lowest BCUT2D eigenvalue weighted by atomic mass is 10.0. The third kappa shape index (κ3) is 5.78. The lowest BCUT2D eigenvalue weighted by molar-refractivity contribution is 0.327. The summed E-state index contributed by atoms with van der Waals surface area (Å²) >= 11 is 0. The third-order valence-corrected chi connectivity index (χ3v) is 4.26. The van der Waals surface area contributed by atoms with Crippen molar-refractivity contribution < 1.29 is 0 Å². The molecule has 1 aliphatic heterocycles. The van der Waals surface area contributed by atoms with E-state index in [4.69, 9.17) is 0 Å². The van der Waals surface area contributed by atoms with Crippen LogP contribution in [0.5, 0.6) is 0 Å². The van der Waals surface area contributed by atoms with Crippen LogP contribution in [0.3, 0.4) is 0 Å². The first kappa shape index (κ1) is 14.6. The Labute approximate surface area is 119 Å². The maximum Gasteiger partial charge on any atom is -0.00183 e. The molecule has 2 rings (SSSR count). The molecule has 1 aromatic rings. The van der Waals surface area contributed by atoms with Crippen molar-refractivity contribution in [3.05, 3.63) is 35.4 Å². The zero-order valence-corrected chi connectivity index (χ0v) is 12.5. The van der Waals surface area contributed by atoms with Gasteiger partial charge in [0.2, 0.25) is 0 Å². The summed E-state index contributed by atoms with van der Waals surface area (Å²) in [5, 5.41) is 0. The number of hydrogen-bond acceptors (Lipinski definition) is 1. The summed E-state index contributed by atoms with van der Waals surface area (Å²) in [6.07, 6.45) is 11.1. The first-order valence-electron chi connectivity index (χ1n) is 8.12. The van der Waals surface area contributed by atoms with Crippen molar-refractivity contribution in [2.45, 2.75) is 58.3 Å². The minimum Gasteiger partial charge on any atom is -0.303 e. The predicted octanol–water partition coefficient (Wildman–Crippen LogP) is 4.58. The van der Waals surface area contributed by atoms with Crippen LogP contribution in [-0.2, 0) is 6.42 Å². The average molecular weight is 259 g/mol. The van der Waals surface area contributed by atoms with Crippen LogP contribution in [-0.4, -0.2) is 24.5 Å². The molecule has 0 unspecified atom stereocenters. The minimum absolute atomic E-state index is 1.26. The molecule has 0 radical (unpaired) electrons. The standard InChI is InChI=1S/C18H29N/c1-17-10-12-18(13-11-17)9-5-3-2-4-6-14-19-15-7-8-16-19/h10-13H,2-9,14-16H2,1H3. The average Bonchev–Trinajstić information content (AvgIpc) is 2.93. The number of likely N-dealkylation sites (tertiary alicyclic amines) is 1. The Bertz CT molecular complexity index is 335. The van der Waals surface area contributed by atoms with Gasteiger partial charge in [0, 0.05) is 0 Å². The fourth-order valence-corrected chi connectivity index (χ4v) is 2.96. The zero-order chi connectivity index (χ0) is 13.3. The van der Waals surface area contributed by atoms with Gasteiger partial charge in [-0.15, -0.1) is 0 Å². The van der Waals surface area contributed by atoms with Crippen molar-refractivity contribution in [3.63, 3.8) is 0 Å². The molecule has 1 fully saturated rings. The molecule has 1 aliphatic rings. The van der Waals surface area contributed by atoms with E-state index in [0.29, 0.717) is 0 Å². The summed E-state index contributed by atoms with van der Waals surface area (Å²) in [7, 11) is 0. The van der Waals surface area contributed by atoms with Crippen LogP contribution in [0.25, 0.3) is 0 Å². The molecule has 1 saturated heterocycles. The van der Waals surface area contributed by atoms with Crippen LogP contribution in [0.2, 0.25) is 0 Å². The molecule has 0 atom stereocenters. The summed E-state index contributed by atoms with van der Waals surface area (Å²) in [6, 6.07) is 9.02. The SMILES string of the molecule is Cc1ccc(CCCCCCCN2CCCC2)cc1. The molecular weight excluding hydrogens is 230 g/mol. The molecule has 19 heavy (non-hydrogen) atoms. The lowest BCUT2D eigenvalue weighted by Gasteiger charge is -2.13. The van der Waals surface area contributed by atoms with E-state index in [9.17, 15) is 0 Å². The van der Waals surface area contributed by atoms with Crippen molar-refractivity contribution in [2.75, 3.05) is 19.6 Å². The number of rotatable bonds is 8. The second-order valence-electron chi connectivity index (χ2n) is 6.05. The van der Waals surface area contributed by atoms with Crippen LogP contribution in [0.4, 0.5) is 0 Å². The predicted molar refractivity (Wildman–Crippen MR) is 83.6 cm³/mol. The molecule has 1 heteroatoms. The van der Waals surface area contributed by atoms with Crippen LogP contribution in [0.1, 0.15) is 56.1 Å². The van der Waals surface area contributed by atoms with Gasteiger partial charge in [0.1, 0.15) is 0 Å². The number of nitrogens with zero attached hydrogens (tertiary/aromatic N) is 1. The van der Waals surface area contributed by atoms with E-state index < -0.39 is 0 Å². The monoisotopic (exact) mass is 259 g/mol. The van der Waals surface area contributed by atoms with E-state index in [0.717, 1.165) is 0 Å². The first-order valence-corrected chi connectivity index (χ1v) is 8.12. The normalized spacial score (nSPS) is 16.1. The van der Waals surface area contributed by atoms with Gasteiger partial charge in [-0.3, -0.25) is 0 Å². The van der Waals surface area contributed by atoms with E-state index in [1.165, 1.54) is 82.1 Å². The molecule has 1 nitrogen and oxygen atoms in total. The second kappa shape index (κ2) is 8.37. The van der Waals surface area contributed by atoms with Crippen molar-refractivity contribution in [1.29, 1.82) is 0 Å². The molecule has 0 bridgehead atoms. The van der Waals surface area contributed by atoms with Gasteiger partial charge in [-0.1, -0.05) is 49.1 Å². The fourth-order valence-electron chi connectivity index (χ4n) is 2.96. The van der Waals surface area contributed by atoms with Crippen LogP contribution in [0.15, 0.2) is 24.3 Å². The van der Waals surface area contributed by atoms with E-state index in [-0.39, 0.29) is 0 Å². The summed E-state index contributed by atoms with van der Waals surface area (Å²) in [6.45, 7) is 6.21. The van der Waals surface area contributed by atoms with Gasteiger partial charge in [-0.2, -0.15) is 0 Å². The van der Waals surface area contributed by atoms with Gasteiger partial charge >= 0.3 is 0 Å². The van der Waals surface area contributed by atoms with Gasteiger partial charge in [0.25, 0.3) is 0 Å². The number of benzene rings is 1. The highest BCUT2D eigenvalue weighted by molar-refractivity contribution is 5.21. The van der Waals surface area contributed by atoms with Crippen molar-refractivity contribution in [2.24, 2.45) is 0 Å². The Morgan fingerprint density at radius 3 is 2.21 bits per heavy atom. The van der Waals surface area contributed by atoms with Crippen molar-refractivity contribution >= 4 is 0 Å². The highest BCUT2D eigenvalue weighted by Crippen LogP contribution is 2.12. The van der Waals surface area contributed by atoms with E-state index >= 15 is 0 Å². The molecule has 0 amide bonds. The molecule has 1 aromatic carbocycles. The lowest BCUT2D eigenvalue weighted by Crippen LogP contribution is -2.20. The largest absolute Gasteiger partial charge is 0.303 e. The van der Waals surface area contributed by atoms with Gasteiger partial charge in [-0.25, -0.2) is 0 Å². The minimum atomic E-state index is 1.26. The fraction of sp³-hybridized carbons (Fsp3) is 0.667. The second-order valence-corrected chi connectivity index (χ2v) is 6.05. The van der Waals surface area contributed by atoms with Crippen LogP contribution < -0.4 is 0 Å². The van der Waals surface area contributed by atoms with E-state index in [2.05, 4.69) is 36.1 Å². The number of aryl methyl sites for hydroxylation is 2. The molecular formula is C18H29N. The van der Waals surface area contributed by atoms with E-state index in [1.807, 2.05) is 0 Å². The van der Waals surface area contributed by atoms with Crippen molar-refractivity contribution in [1.82, 2.24) is 4.90 Å². The molecule has 106 valence electrons. The smallest absolute Gasteiger partial charge is 0.00183 e. The quantitative estimate of drug-likeness (QED) is 0.617. The molecule has 1 heterocycles. The van der Waals surface area contributed by atoms with E-state index in [1.54, 1.807) is 0 Å². The van der Waals surface area contributed by atoms with Crippen LogP contribution >= 0.6 is 0 Å². The third-order valence-electron chi connectivity index (χ3n) is 4.26. The summed E-state index contributed by atoms with van der Waals surface area (Å²) in [5.41, 5.74) is 2.87. The molecule has 0 spiro atoms. The Morgan fingerprint density at radius 2 is 1.47 bits per heavy atom. The summed E-state index contributed by atoms with van der Waals surface area (Å²) in [4.78, 5) is 2.63. The van der Waals surface area contributed by atoms with Gasteiger partial charge in [0.05, 0.1) is 0 Å². The van der Waals surface area contributed by atoms with Gasteiger partial charge in [-0.05, 0) is 64.2 Å². The zero-order valence-electron chi connectivity index (χ0n) is 12.5. The Kier molecular flexibility index (Phi) is 6.43. The highest BCUT2D eigenvalue weighted by atomic mass is 15.1. The maximum absolute atomic E-state index is 2.63. The van der Waals surface area contributed by atoms with Gasteiger partial charge in [0.15, 0.2) is 0 Å². The molecule has 0 aliphatic carbocycles. The van der Waals surface area contributed by atoms with Gasteiger partial charge < -0.3 is 4.90 Å². The highest BCUT2D eigenvalue weighted by Gasteiger charge is 2.09. The topological polar surface area (TPSA) is 3.24 Å². The maximum atomic E-state index is 2.63. The summed E-state index contributed by atoms with van der Waals surface area (Å²) in [5.74, 6) is 0. The van der Waals surface area contributed by atoms with Crippen molar-refractivity contribution in [3.8, 4) is 0 Å². The Hall–Kier alpha value is -0.820.